The molecule has 1 aromatic carbocycles. The molecular weight excluding hydrogens is 537 g/mol. The van der Waals surface area contributed by atoms with Crippen LogP contribution in [0.25, 0.3) is 9.81 Å². The second-order valence-corrected chi connectivity index (χ2v) is 14.9. The van der Waals surface area contributed by atoms with E-state index >= 15 is 0 Å². The third-order valence-corrected chi connectivity index (χ3v) is 10.1. The first-order chi connectivity index (χ1) is 18.8. The monoisotopic (exact) mass is 582 g/mol. The minimum atomic E-state index is -0.724. The van der Waals surface area contributed by atoms with E-state index in [2.05, 4.69) is 62.4 Å². The maximum atomic E-state index is 11.4. The minimum Gasteiger partial charge on any atom is -0.481 e. The van der Waals surface area contributed by atoms with Crippen molar-refractivity contribution in [2.45, 2.75) is 92.9 Å². The van der Waals surface area contributed by atoms with Crippen molar-refractivity contribution in [2.24, 2.45) is 22.7 Å². The molecule has 0 fully saturated rings. The Hall–Kier alpha value is -2.18. The van der Waals surface area contributed by atoms with Gasteiger partial charge in [-0.2, -0.15) is 0 Å². The van der Waals surface area contributed by atoms with Crippen LogP contribution in [0.3, 0.4) is 0 Å². The number of carbonyl (C=O) groups is 2. The molecule has 40 heavy (non-hydrogen) atoms. The molecule has 0 saturated heterocycles. The number of carboxylic acid groups (broad SMARTS) is 2. The Kier molecular flexibility index (Phi) is 11.4. The van der Waals surface area contributed by atoms with Gasteiger partial charge in [0.15, 0.2) is 0 Å². The van der Waals surface area contributed by atoms with Crippen molar-refractivity contribution in [3.8, 4) is 0 Å². The Labute approximate surface area is 249 Å². The fraction of sp³-hybridized carbons (Fsp3) is 0.529. The third kappa shape index (κ3) is 9.17. The van der Waals surface area contributed by atoms with Crippen molar-refractivity contribution in [2.75, 3.05) is 0 Å². The highest BCUT2D eigenvalue weighted by molar-refractivity contribution is 8.12. The number of aliphatic carboxylic acids is 2. The van der Waals surface area contributed by atoms with Gasteiger partial charge in [-0.25, -0.2) is 0 Å². The number of benzene rings is 1. The van der Waals surface area contributed by atoms with Gasteiger partial charge in [0, 0.05) is 9.81 Å². The maximum absolute atomic E-state index is 11.4. The molecule has 2 heterocycles. The fourth-order valence-corrected chi connectivity index (χ4v) is 7.76. The van der Waals surface area contributed by atoms with Crippen LogP contribution in [0.2, 0.25) is 0 Å². The summed E-state index contributed by atoms with van der Waals surface area (Å²) in [4.78, 5) is 28.2. The molecule has 218 valence electrons. The number of rotatable bonds is 14. The molecule has 0 bridgehead atoms. The summed E-state index contributed by atoms with van der Waals surface area (Å²) < 4.78 is 0. The first kappa shape index (κ1) is 32.3. The molecule has 4 nitrogen and oxygen atoms in total. The Morgan fingerprint density at radius 1 is 0.675 bits per heavy atom. The molecule has 6 heteroatoms. The van der Waals surface area contributed by atoms with Crippen molar-refractivity contribution in [1.29, 1.82) is 0 Å². The zero-order valence-corrected chi connectivity index (χ0v) is 26.6. The normalized spacial score (nSPS) is 19.9. The molecule has 0 aromatic heterocycles. The zero-order valence-electron chi connectivity index (χ0n) is 25.0. The van der Waals surface area contributed by atoms with E-state index in [1.54, 1.807) is 0 Å². The van der Waals surface area contributed by atoms with Gasteiger partial charge in [0.2, 0.25) is 0 Å². The summed E-state index contributed by atoms with van der Waals surface area (Å²) in [7, 11) is 0. The highest BCUT2D eigenvalue weighted by Gasteiger charge is 2.27. The summed E-state index contributed by atoms with van der Waals surface area (Å²) in [6.07, 6.45) is 16.6. The van der Waals surface area contributed by atoms with E-state index < -0.39 is 22.8 Å². The molecule has 2 aliphatic heterocycles. The van der Waals surface area contributed by atoms with E-state index in [0.29, 0.717) is 24.7 Å². The van der Waals surface area contributed by atoms with E-state index in [1.807, 2.05) is 51.2 Å². The van der Waals surface area contributed by atoms with Gasteiger partial charge in [0.25, 0.3) is 0 Å². The van der Waals surface area contributed by atoms with Crippen molar-refractivity contribution in [3.63, 3.8) is 0 Å². The maximum Gasteiger partial charge on any atom is 0.309 e. The number of hydrogen-bond donors (Lipinski definition) is 2. The van der Waals surface area contributed by atoms with Gasteiger partial charge < -0.3 is 10.2 Å². The molecule has 3 rings (SSSR count). The topological polar surface area (TPSA) is 74.6 Å². The van der Waals surface area contributed by atoms with Crippen LogP contribution in [-0.2, 0) is 9.59 Å². The lowest BCUT2D eigenvalue weighted by atomic mass is 9.87. The second-order valence-electron chi connectivity index (χ2n) is 12.6. The van der Waals surface area contributed by atoms with Crippen LogP contribution in [-0.4, -0.2) is 22.2 Å². The van der Waals surface area contributed by atoms with Gasteiger partial charge in [0.05, 0.1) is 10.8 Å². The fourth-order valence-electron chi connectivity index (χ4n) is 5.00. The molecule has 0 spiro atoms. The molecule has 1 aromatic rings. The van der Waals surface area contributed by atoms with E-state index in [9.17, 15) is 19.8 Å². The molecule has 2 unspecified atom stereocenters. The summed E-state index contributed by atoms with van der Waals surface area (Å²) in [6.45, 7) is 11.7. The quantitative estimate of drug-likeness (QED) is 0.213. The van der Waals surface area contributed by atoms with Crippen LogP contribution in [0, 0.1) is 22.7 Å². The largest absolute Gasteiger partial charge is 0.481 e. The van der Waals surface area contributed by atoms with Crippen molar-refractivity contribution >= 4 is 45.3 Å². The molecule has 0 aliphatic carbocycles. The Bertz CT molecular complexity index is 1110. The number of carboxylic acids is 2. The number of allylic oxidation sites excluding steroid dienone is 6. The van der Waals surface area contributed by atoms with Gasteiger partial charge in [-0.15, -0.1) is 0 Å². The van der Waals surface area contributed by atoms with Crippen LogP contribution in [0.5, 0.6) is 0 Å². The lowest BCUT2D eigenvalue weighted by Gasteiger charge is -2.24. The summed E-state index contributed by atoms with van der Waals surface area (Å²) >= 11 is 3.72. The van der Waals surface area contributed by atoms with Crippen molar-refractivity contribution < 1.29 is 19.8 Å². The second kappa shape index (κ2) is 14.1. The predicted octanol–water partition coefficient (Wildman–Crippen LogP) is 10.2. The average Bonchev–Trinajstić information content (AvgIpc) is 2.88. The van der Waals surface area contributed by atoms with Gasteiger partial charge >= 0.3 is 11.9 Å². The molecule has 0 amide bonds. The molecule has 0 saturated carbocycles. The molecule has 0 radical (unpaired) electrons. The highest BCUT2D eigenvalue weighted by atomic mass is 32.2. The molecular formula is C34H46O4S2. The van der Waals surface area contributed by atoms with Gasteiger partial charge in [0.1, 0.15) is 0 Å². The molecule has 2 aliphatic rings. The van der Waals surface area contributed by atoms with Crippen LogP contribution in [0.15, 0.2) is 58.4 Å². The van der Waals surface area contributed by atoms with Crippen molar-refractivity contribution in [3.05, 3.63) is 69.5 Å². The Morgan fingerprint density at radius 3 is 1.40 bits per heavy atom. The van der Waals surface area contributed by atoms with Crippen molar-refractivity contribution in [1.82, 2.24) is 0 Å². The van der Waals surface area contributed by atoms with Crippen LogP contribution >= 0.6 is 23.5 Å². The van der Waals surface area contributed by atoms with Crippen LogP contribution in [0.1, 0.15) is 104 Å². The Morgan fingerprint density at radius 2 is 1.05 bits per heavy atom. The smallest absolute Gasteiger partial charge is 0.309 e. The highest BCUT2D eigenvalue weighted by Crippen LogP contribution is 2.48. The Balaban J connectivity index is 1.65. The van der Waals surface area contributed by atoms with Gasteiger partial charge in [-0.05, 0) is 99.0 Å². The molecule has 2 N–H and O–H groups in total. The van der Waals surface area contributed by atoms with E-state index in [1.165, 1.54) is 30.7 Å². The summed E-state index contributed by atoms with van der Waals surface area (Å²) in [6, 6.07) is 8.71. The molecule has 2 atom stereocenters. The van der Waals surface area contributed by atoms with Gasteiger partial charge in [-0.1, -0.05) is 98.8 Å². The third-order valence-electron chi connectivity index (χ3n) is 7.77. The van der Waals surface area contributed by atoms with E-state index in [4.69, 9.17) is 0 Å². The summed E-state index contributed by atoms with van der Waals surface area (Å²) in [5, 5.41) is 18.8. The minimum absolute atomic E-state index is 0.354. The number of hydrogen-bond acceptors (Lipinski definition) is 4. The predicted molar refractivity (Wildman–Crippen MR) is 172 cm³/mol. The average molecular weight is 583 g/mol. The number of unbranched alkanes of at least 4 members (excludes halogenated alkanes) is 2. The first-order valence-corrected chi connectivity index (χ1v) is 16.2. The first-order valence-electron chi connectivity index (χ1n) is 14.6. The van der Waals surface area contributed by atoms with Crippen LogP contribution < -0.4 is 0 Å². The number of thioether (sulfide) groups is 2. The van der Waals surface area contributed by atoms with Crippen LogP contribution in [0.4, 0.5) is 0 Å². The van der Waals surface area contributed by atoms with E-state index in [-0.39, 0.29) is 0 Å². The van der Waals surface area contributed by atoms with E-state index in [0.717, 1.165) is 38.5 Å². The lowest BCUT2D eigenvalue weighted by molar-refractivity contribution is -0.148. The lowest BCUT2D eigenvalue weighted by Crippen LogP contribution is -2.23. The SMILES string of the molecule is CC1C=C(CCCCC(C)(C)C(=O)O)SC(c2ccccc2C2=CC(C)C=C(CCCCC(C)(C)C(=O)O)S2)=C1. The summed E-state index contributed by atoms with van der Waals surface area (Å²) in [5.74, 6) is -0.739. The summed E-state index contributed by atoms with van der Waals surface area (Å²) in [5.41, 5.74) is 1.20. The standard InChI is InChI=1S/C34H46O4S2/c1-23-19-25(13-9-11-17-33(3,4)31(35)36)39-29(21-23)27-15-7-8-16-28(27)30-22-24(2)20-26(40-30)14-10-12-18-34(5,6)32(37)38/h7-8,15-16,19-24H,9-14,17-18H2,1-6H3,(H,35,36)(H,37,38). The van der Waals surface area contributed by atoms with Gasteiger partial charge in [-0.3, -0.25) is 9.59 Å². The zero-order chi connectivity index (χ0) is 29.5.